The first kappa shape index (κ1) is 21.0. The predicted octanol–water partition coefficient (Wildman–Crippen LogP) is 4.14. The minimum Gasteiger partial charge on any atom is -0.463 e. The number of carbonyl (C=O) groups is 2. The first-order valence-electron chi connectivity index (χ1n) is 10.1. The van der Waals surface area contributed by atoms with Gasteiger partial charge in [-0.2, -0.15) is 0 Å². The number of para-hydroxylation sites is 2. The number of aromatic amines is 1. The number of hydrogen-bond acceptors (Lipinski definition) is 5. The van der Waals surface area contributed by atoms with Crippen LogP contribution in [0.1, 0.15) is 29.7 Å². The molecule has 3 N–H and O–H groups in total. The molecule has 7 nitrogen and oxygen atoms in total. The SMILES string of the molecule is CCOC(=O)C1=C(CSc2nc3ccccc3[nH]2)NC(=O)N[C@H]1c1cc(C)ccc1C. The van der Waals surface area contributed by atoms with Crippen LogP contribution in [0.4, 0.5) is 4.79 Å². The van der Waals surface area contributed by atoms with E-state index < -0.39 is 12.0 Å². The van der Waals surface area contributed by atoms with Gasteiger partial charge < -0.3 is 20.4 Å². The lowest BCUT2D eigenvalue weighted by Gasteiger charge is -2.30. The van der Waals surface area contributed by atoms with Gasteiger partial charge >= 0.3 is 12.0 Å². The van der Waals surface area contributed by atoms with E-state index in [1.807, 2.05) is 56.3 Å². The molecule has 1 aromatic heterocycles. The average molecular weight is 437 g/mol. The summed E-state index contributed by atoms with van der Waals surface area (Å²) in [5, 5.41) is 6.42. The molecule has 160 valence electrons. The zero-order chi connectivity index (χ0) is 22.0. The number of H-pyrrole nitrogens is 1. The van der Waals surface area contributed by atoms with E-state index in [0.29, 0.717) is 22.2 Å². The van der Waals surface area contributed by atoms with Gasteiger partial charge in [-0.15, -0.1) is 0 Å². The van der Waals surface area contributed by atoms with Crippen molar-refractivity contribution in [1.29, 1.82) is 0 Å². The minimum atomic E-state index is -0.584. The molecule has 0 saturated heterocycles. The molecule has 2 heterocycles. The molecule has 0 saturated carbocycles. The lowest BCUT2D eigenvalue weighted by atomic mass is 9.91. The lowest BCUT2D eigenvalue weighted by molar-refractivity contribution is -0.139. The topological polar surface area (TPSA) is 96.1 Å². The van der Waals surface area contributed by atoms with Crippen LogP contribution in [0.3, 0.4) is 0 Å². The Morgan fingerprint density at radius 2 is 2.00 bits per heavy atom. The highest BCUT2D eigenvalue weighted by molar-refractivity contribution is 7.99. The molecule has 3 aromatic rings. The van der Waals surface area contributed by atoms with E-state index >= 15 is 0 Å². The number of fused-ring (bicyclic) bond motifs is 1. The molecule has 0 bridgehead atoms. The van der Waals surface area contributed by atoms with Crippen molar-refractivity contribution in [2.75, 3.05) is 12.4 Å². The van der Waals surface area contributed by atoms with Crippen LogP contribution in [0.2, 0.25) is 0 Å². The number of urea groups is 1. The second-order valence-corrected chi connectivity index (χ2v) is 8.32. The first-order valence-corrected chi connectivity index (χ1v) is 11.1. The minimum absolute atomic E-state index is 0.250. The zero-order valence-corrected chi connectivity index (χ0v) is 18.4. The summed E-state index contributed by atoms with van der Waals surface area (Å²) < 4.78 is 5.35. The predicted molar refractivity (Wildman–Crippen MR) is 121 cm³/mol. The Morgan fingerprint density at radius 3 is 2.77 bits per heavy atom. The van der Waals surface area contributed by atoms with Gasteiger partial charge in [0.05, 0.1) is 29.3 Å². The van der Waals surface area contributed by atoms with Crippen LogP contribution in [0.5, 0.6) is 0 Å². The summed E-state index contributed by atoms with van der Waals surface area (Å²) in [7, 11) is 0. The van der Waals surface area contributed by atoms with E-state index in [2.05, 4.69) is 20.6 Å². The van der Waals surface area contributed by atoms with Gasteiger partial charge in [0, 0.05) is 11.4 Å². The monoisotopic (exact) mass is 436 g/mol. The van der Waals surface area contributed by atoms with Crippen molar-refractivity contribution in [3.8, 4) is 0 Å². The molecule has 2 aromatic carbocycles. The summed E-state index contributed by atoms with van der Waals surface area (Å²) in [5.74, 6) is -0.0796. The number of thioether (sulfide) groups is 1. The van der Waals surface area contributed by atoms with Crippen molar-refractivity contribution in [2.24, 2.45) is 0 Å². The molecule has 4 rings (SSSR count). The molecule has 0 radical (unpaired) electrons. The van der Waals surface area contributed by atoms with Crippen molar-refractivity contribution in [3.63, 3.8) is 0 Å². The van der Waals surface area contributed by atoms with Crippen molar-refractivity contribution >= 4 is 34.8 Å². The van der Waals surface area contributed by atoms with Crippen molar-refractivity contribution in [2.45, 2.75) is 32.0 Å². The van der Waals surface area contributed by atoms with E-state index in [9.17, 15) is 9.59 Å². The first-order chi connectivity index (χ1) is 15.0. The number of aryl methyl sites for hydroxylation is 2. The van der Waals surface area contributed by atoms with Gasteiger partial charge in [0.1, 0.15) is 0 Å². The molecule has 31 heavy (non-hydrogen) atoms. The van der Waals surface area contributed by atoms with Gasteiger partial charge in [0.25, 0.3) is 0 Å². The van der Waals surface area contributed by atoms with Gasteiger partial charge in [-0.3, -0.25) is 0 Å². The van der Waals surface area contributed by atoms with E-state index in [1.165, 1.54) is 11.8 Å². The molecule has 1 atom stereocenters. The van der Waals surface area contributed by atoms with Crippen molar-refractivity contribution in [1.82, 2.24) is 20.6 Å². The molecule has 0 spiro atoms. The van der Waals surface area contributed by atoms with Crippen LogP contribution >= 0.6 is 11.8 Å². The second-order valence-electron chi connectivity index (χ2n) is 7.35. The molecule has 0 unspecified atom stereocenters. The number of amides is 2. The highest BCUT2D eigenvalue weighted by Gasteiger charge is 2.34. The van der Waals surface area contributed by atoms with Crippen LogP contribution < -0.4 is 10.6 Å². The second kappa shape index (κ2) is 8.85. The van der Waals surface area contributed by atoms with Gasteiger partial charge in [0.2, 0.25) is 0 Å². The number of aromatic nitrogens is 2. The number of nitrogens with zero attached hydrogens (tertiary/aromatic N) is 1. The van der Waals surface area contributed by atoms with E-state index in [-0.39, 0.29) is 12.6 Å². The Hall–Kier alpha value is -3.26. The number of benzene rings is 2. The standard InChI is InChI=1S/C23H24N4O3S/c1-4-30-21(28)19-18(12-31-23-25-16-7-5-6-8-17(16)26-23)24-22(29)27-20(19)15-11-13(2)9-10-14(15)3/h5-11,20H,4,12H2,1-3H3,(H,25,26)(H2,24,27,29)/t20-/m0/s1. The summed E-state index contributed by atoms with van der Waals surface area (Å²) in [6, 6.07) is 12.8. The summed E-state index contributed by atoms with van der Waals surface area (Å²) in [5.41, 5.74) is 5.67. The van der Waals surface area contributed by atoms with Crippen molar-refractivity contribution < 1.29 is 14.3 Å². The highest BCUT2D eigenvalue weighted by Crippen LogP contribution is 2.32. The van der Waals surface area contributed by atoms with E-state index in [1.54, 1.807) is 6.92 Å². The lowest BCUT2D eigenvalue weighted by Crippen LogP contribution is -2.46. The fourth-order valence-corrected chi connectivity index (χ4v) is 4.48. The molecule has 2 amide bonds. The van der Waals surface area contributed by atoms with Crippen molar-refractivity contribution in [3.05, 3.63) is 70.4 Å². The molecule has 0 fully saturated rings. The average Bonchev–Trinajstić information content (AvgIpc) is 3.16. The molecule has 8 heteroatoms. The number of esters is 1. The Labute approximate surface area is 184 Å². The largest absolute Gasteiger partial charge is 0.463 e. The maximum atomic E-state index is 12.9. The molecule has 1 aliphatic heterocycles. The third-order valence-corrected chi connectivity index (χ3v) is 6.02. The maximum absolute atomic E-state index is 12.9. The van der Waals surface area contributed by atoms with Gasteiger partial charge in [-0.1, -0.05) is 47.7 Å². The van der Waals surface area contributed by atoms with E-state index in [4.69, 9.17) is 4.74 Å². The summed E-state index contributed by atoms with van der Waals surface area (Å²) >= 11 is 1.42. The molecular weight excluding hydrogens is 412 g/mol. The van der Waals surface area contributed by atoms with Crippen LogP contribution in [0.15, 0.2) is 58.9 Å². The van der Waals surface area contributed by atoms with E-state index in [0.717, 1.165) is 27.7 Å². The molecular formula is C23H24N4O3S. The number of rotatable bonds is 6. The van der Waals surface area contributed by atoms with Gasteiger partial charge in [0.15, 0.2) is 5.16 Å². The number of ether oxygens (including phenoxy) is 1. The third kappa shape index (κ3) is 4.44. The Kier molecular flexibility index (Phi) is 5.99. The Morgan fingerprint density at radius 1 is 1.19 bits per heavy atom. The zero-order valence-electron chi connectivity index (χ0n) is 17.6. The van der Waals surface area contributed by atoms with Crippen LogP contribution in [0, 0.1) is 13.8 Å². The smallest absolute Gasteiger partial charge is 0.338 e. The van der Waals surface area contributed by atoms with Gasteiger partial charge in [-0.05, 0) is 44.0 Å². The Bertz CT molecular complexity index is 1150. The molecule has 0 aliphatic carbocycles. The fraction of sp³-hybridized carbons (Fsp3) is 0.261. The highest BCUT2D eigenvalue weighted by atomic mass is 32.2. The third-order valence-electron chi connectivity index (χ3n) is 5.12. The number of imidazole rings is 1. The maximum Gasteiger partial charge on any atom is 0.338 e. The molecule has 1 aliphatic rings. The Balaban J connectivity index is 1.71. The van der Waals surface area contributed by atoms with Crippen LogP contribution in [0.25, 0.3) is 11.0 Å². The summed E-state index contributed by atoms with van der Waals surface area (Å²) in [4.78, 5) is 33.3. The van der Waals surface area contributed by atoms with Crippen LogP contribution in [-0.2, 0) is 9.53 Å². The van der Waals surface area contributed by atoms with Gasteiger partial charge in [-0.25, -0.2) is 14.6 Å². The number of nitrogens with one attached hydrogen (secondary N) is 3. The number of hydrogen-bond donors (Lipinski definition) is 3. The van der Waals surface area contributed by atoms with Crippen LogP contribution in [-0.4, -0.2) is 34.3 Å². The fourth-order valence-electron chi connectivity index (χ4n) is 3.62. The normalized spacial score (nSPS) is 16.2. The summed E-state index contributed by atoms with van der Waals surface area (Å²) in [6.45, 7) is 5.97. The summed E-state index contributed by atoms with van der Waals surface area (Å²) in [6.07, 6.45) is 0. The quantitative estimate of drug-likeness (QED) is 0.399. The number of carbonyl (C=O) groups excluding carboxylic acids is 2.